The molecule has 0 fully saturated rings. The van der Waals surface area contributed by atoms with E-state index in [0.717, 1.165) is 0 Å². The third-order valence-electron chi connectivity index (χ3n) is 2.75. The van der Waals surface area contributed by atoms with Gasteiger partial charge in [-0.25, -0.2) is 4.39 Å². The molecule has 0 radical (unpaired) electrons. The fourth-order valence-electron chi connectivity index (χ4n) is 1.75. The molecule has 1 atom stereocenters. The van der Waals surface area contributed by atoms with Crippen LogP contribution in [0.3, 0.4) is 0 Å². The Balaban J connectivity index is 2.70. The number of nitrogens with two attached hydrogens (primary N) is 2. The van der Waals surface area contributed by atoms with Crippen molar-refractivity contribution in [3.63, 3.8) is 0 Å². The molecular weight excluding hydrogens is 265 g/mol. The number of halogens is 1. The molecule has 7 heteroatoms. The molecule has 0 aliphatic rings. The van der Waals surface area contributed by atoms with Crippen LogP contribution in [0.1, 0.15) is 12.0 Å². The van der Waals surface area contributed by atoms with E-state index in [-0.39, 0.29) is 18.7 Å². The van der Waals surface area contributed by atoms with Crippen LogP contribution in [-0.4, -0.2) is 36.9 Å². The SMILES string of the molecule is COc1ccc(CN(C)C(=O)C(N)CC(N)=O)cc1F. The van der Waals surface area contributed by atoms with Gasteiger partial charge in [0.15, 0.2) is 11.6 Å². The highest BCUT2D eigenvalue weighted by molar-refractivity contribution is 5.87. The minimum atomic E-state index is -0.986. The summed E-state index contributed by atoms with van der Waals surface area (Å²) in [6.45, 7) is 0.173. The zero-order valence-corrected chi connectivity index (χ0v) is 11.4. The fourth-order valence-corrected chi connectivity index (χ4v) is 1.75. The lowest BCUT2D eigenvalue weighted by molar-refractivity contribution is -0.133. The quantitative estimate of drug-likeness (QED) is 0.767. The number of primary amides is 1. The van der Waals surface area contributed by atoms with Gasteiger partial charge in [0.25, 0.3) is 0 Å². The zero-order valence-electron chi connectivity index (χ0n) is 11.4. The van der Waals surface area contributed by atoms with Crippen LogP contribution in [-0.2, 0) is 16.1 Å². The average Bonchev–Trinajstić information content (AvgIpc) is 2.37. The Morgan fingerprint density at radius 1 is 1.45 bits per heavy atom. The van der Waals surface area contributed by atoms with Gasteiger partial charge in [-0.1, -0.05) is 6.07 Å². The van der Waals surface area contributed by atoms with Gasteiger partial charge in [-0.05, 0) is 17.7 Å². The van der Waals surface area contributed by atoms with Gasteiger partial charge in [0.2, 0.25) is 11.8 Å². The Hall–Kier alpha value is -2.15. The third kappa shape index (κ3) is 4.20. The highest BCUT2D eigenvalue weighted by Crippen LogP contribution is 2.18. The molecular formula is C13H18FN3O3. The van der Waals surface area contributed by atoms with Crippen molar-refractivity contribution in [1.82, 2.24) is 4.90 Å². The Bertz CT molecular complexity index is 508. The standard InChI is InChI=1S/C13H18FN3O3/c1-17(13(19)10(15)6-12(16)18)7-8-3-4-11(20-2)9(14)5-8/h3-5,10H,6-7,15H2,1-2H3,(H2,16,18). The summed E-state index contributed by atoms with van der Waals surface area (Å²) in [6, 6.07) is 3.42. The van der Waals surface area contributed by atoms with Crippen LogP contribution in [0.15, 0.2) is 18.2 Å². The number of rotatable bonds is 6. The van der Waals surface area contributed by atoms with E-state index in [1.54, 1.807) is 6.07 Å². The number of likely N-dealkylation sites (N-methyl/N-ethyl adjacent to an activating group) is 1. The van der Waals surface area contributed by atoms with Crippen molar-refractivity contribution in [3.8, 4) is 5.75 Å². The van der Waals surface area contributed by atoms with Crippen molar-refractivity contribution in [2.75, 3.05) is 14.2 Å². The van der Waals surface area contributed by atoms with Crippen molar-refractivity contribution in [2.45, 2.75) is 19.0 Å². The maximum absolute atomic E-state index is 13.5. The Labute approximate surface area is 116 Å². The number of carbonyl (C=O) groups excluding carboxylic acids is 2. The molecule has 20 heavy (non-hydrogen) atoms. The zero-order chi connectivity index (χ0) is 15.3. The lowest BCUT2D eigenvalue weighted by Crippen LogP contribution is -2.43. The lowest BCUT2D eigenvalue weighted by Gasteiger charge is -2.21. The number of ether oxygens (including phenoxy) is 1. The van der Waals surface area contributed by atoms with Crippen LogP contribution >= 0.6 is 0 Å². The lowest BCUT2D eigenvalue weighted by atomic mass is 10.1. The molecule has 1 rings (SSSR count). The normalized spacial score (nSPS) is 11.8. The summed E-state index contributed by atoms with van der Waals surface area (Å²) in [7, 11) is 2.89. The molecule has 0 aromatic heterocycles. The van der Waals surface area contributed by atoms with Crippen LogP contribution in [0.25, 0.3) is 0 Å². The first kappa shape index (κ1) is 15.9. The first-order valence-corrected chi connectivity index (χ1v) is 5.96. The smallest absolute Gasteiger partial charge is 0.240 e. The predicted molar refractivity (Wildman–Crippen MR) is 71.2 cm³/mol. The van der Waals surface area contributed by atoms with Crippen molar-refractivity contribution in [3.05, 3.63) is 29.6 Å². The number of hydrogen-bond donors (Lipinski definition) is 2. The number of hydrogen-bond acceptors (Lipinski definition) is 4. The molecule has 1 unspecified atom stereocenters. The summed E-state index contributed by atoms with van der Waals surface area (Å²) in [6.07, 6.45) is -0.222. The van der Waals surface area contributed by atoms with Gasteiger partial charge >= 0.3 is 0 Å². The van der Waals surface area contributed by atoms with Crippen LogP contribution < -0.4 is 16.2 Å². The van der Waals surface area contributed by atoms with Crippen LogP contribution in [0, 0.1) is 5.82 Å². The maximum atomic E-state index is 13.5. The van der Waals surface area contributed by atoms with E-state index in [9.17, 15) is 14.0 Å². The van der Waals surface area contributed by atoms with Crippen LogP contribution in [0.4, 0.5) is 4.39 Å². The summed E-state index contributed by atoms with van der Waals surface area (Å²) < 4.78 is 18.3. The van der Waals surface area contributed by atoms with Crippen molar-refractivity contribution < 1.29 is 18.7 Å². The van der Waals surface area contributed by atoms with Gasteiger partial charge in [0, 0.05) is 13.6 Å². The molecule has 6 nitrogen and oxygen atoms in total. The van der Waals surface area contributed by atoms with Gasteiger partial charge in [-0.3, -0.25) is 9.59 Å². The fraction of sp³-hybridized carbons (Fsp3) is 0.385. The maximum Gasteiger partial charge on any atom is 0.240 e. The van der Waals surface area contributed by atoms with E-state index in [2.05, 4.69) is 0 Å². The molecule has 2 amide bonds. The number of methoxy groups -OCH3 is 1. The first-order valence-electron chi connectivity index (χ1n) is 5.96. The van der Waals surface area contributed by atoms with E-state index in [1.165, 1.54) is 31.2 Å². The summed E-state index contributed by atoms with van der Waals surface area (Å²) in [5.74, 6) is -1.45. The van der Waals surface area contributed by atoms with E-state index < -0.39 is 23.7 Å². The van der Waals surface area contributed by atoms with E-state index in [4.69, 9.17) is 16.2 Å². The molecule has 0 spiro atoms. The third-order valence-corrected chi connectivity index (χ3v) is 2.75. The first-order chi connectivity index (χ1) is 9.35. The highest BCUT2D eigenvalue weighted by atomic mass is 19.1. The van der Waals surface area contributed by atoms with Crippen molar-refractivity contribution in [2.24, 2.45) is 11.5 Å². The Kier molecular flexibility index (Phi) is 5.45. The van der Waals surface area contributed by atoms with E-state index >= 15 is 0 Å². The van der Waals surface area contributed by atoms with Gasteiger partial charge < -0.3 is 21.1 Å². The molecule has 0 aliphatic carbocycles. The van der Waals surface area contributed by atoms with Gasteiger partial charge in [0.05, 0.1) is 19.6 Å². The van der Waals surface area contributed by atoms with Gasteiger partial charge in [0.1, 0.15) is 0 Å². The summed E-state index contributed by atoms with van der Waals surface area (Å²) in [4.78, 5) is 23.9. The molecule has 4 N–H and O–H groups in total. The minimum Gasteiger partial charge on any atom is -0.494 e. The van der Waals surface area contributed by atoms with Crippen LogP contribution in [0.2, 0.25) is 0 Å². The monoisotopic (exact) mass is 283 g/mol. The molecule has 1 aromatic rings. The summed E-state index contributed by atoms with van der Waals surface area (Å²) >= 11 is 0. The molecule has 0 bridgehead atoms. The number of amides is 2. The number of carbonyl (C=O) groups is 2. The predicted octanol–water partition coefficient (Wildman–Crippen LogP) is -0.00460. The molecule has 0 saturated heterocycles. The van der Waals surface area contributed by atoms with Crippen LogP contribution in [0.5, 0.6) is 5.75 Å². The summed E-state index contributed by atoms with van der Waals surface area (Å²) in [5.41, 5.74) is 11.1. The second kappa shape index (κ2) is 6.85. The van der Waals surface area contributed by atoms with Crippen molar-refractivity contribution in [1.29, 1.82) is 0 Å². The average molecular weight is 283 g/mol. The van der Waals surface area contributed by atoms with E-state index in [0.29, 0.717) is 5.56 Å². The number of nitrogens with zero attached hydrogens (tertiary/aromatic N) is 1. The number of benzene rings is 1. The largest absolute Gasteiger partial charge is 0.494 e. The minimum absolute atomic E-state index is 0.133. The van der Waals surface area contributed by atoms with Gasteiger partial charge in [-0.2, -0.15) is 0 Å². The van der Waals surface area contributed by atoms with Gasteiger partial charge in [-0.15, -0.1) is 0 Å². The molecule has 1 aromatic carbocycles. The second-order valence-corrected chi connectivity index (χ2v) is 4.44. The molecule has 110 valence electrons. The van der Waals surface area contributed by atoms with E-state index in [1.807, 2.05) is 0 Å². The van der Waals surface area contributed by atoms with Crippen molar-refractivity contribution >= 4 is 11.8 Å². The topological polar surface area (TPSA) is 98.7 Å². The molecule has 0 aliphatic heterocycles. The highest BCUT2D eigenvalue weighted by Gasteiger charge is 2.20. The molecule has 0 heterocycles. The Morgan fingerprint density at radius 3 is 2.60 bits per heavy atom. The Morgan fingerprint density at radius 2 is 2.10 bits per heavy atom. The second-order valence-electron chi connectivity index (χ2n) is 4.44. The summed E-state index contributed by atoms with van der Waals surface area (Å²) in [5, 5.41) is 0. The molecule has 0 saturated carbocycles.